The maximum absolute atomic E-state index is 12.6. The number of amides is 2. The van der Waals surface area contributed by atoms with Crippen LogP contribution in [0.25, 0.3) is 5.69 Å². The summed E-state index contributed by atoms with van der Waals surface area (Å²) < 4.78 is 1.44. The molecule has 2 amide bonds. The van der Waals surface area contributed by atoms with E-state index >= 15 is 0 Å². The van der Waals surface area contributed by atoms with Crippen molar-refractivity contribution in [1.29, 1.82) is 0 Å². The molecule has 8 nitrogen and oxygen atoms in total. The van der Waals surface area contributed by atoms with Crippen molar-refractivity contribution in [2.75, 3.05) is 13.1 Å². The Morgan fingerprint density at radius 2 is 2.08 bits per heavy atom. The quantitative estimate of drug-likeness (QED) is 0.745. The van der Waals surface area contributed by atoms with E-state index in [0.717, 1.165) is 11.3 Å². The Bertz CT molecular complexity index is 861. The highest BCUT2D eigenvalue weighted by atomic mass is 16.3. The molecule has 1 atom stereocenters. The van der Waals surface area contributed by atoms with Gasteiger partial charge in [0, 0.05) is 13.0 Å². The first kappa shape index (κ1) is 17.9. The highest BCUT2D eigenvalue weighted by molar-refractivity contribution is 5.96. The fourth-order valence-electron chi connectivity index (χ4n) is 2.99. The molecule has 4 N–H and O–H groups in total. The van der Waals surface area contributed by atoms with Crippen LogP contribution in [0.5, 0.6) is 5.75 Å². The molecule has 0 saturated carbocycles. The van der Waals surface area contributed by atoms with Gasteiger partial charge >= 0.3 is 0 Å². The smallest absolute Gasteiger partial charge is 0.278 e. The van der Waals surface area contributed by atoms with Crippen molar-refractivity contribution in [2.24, 2.45) is 5.73 Å². The number of aliphatic hydroxyl groups is 1. The summed E-state index contributed by atoms with van der Waals surface area (Å²) in [4.78, 5) is 25.2. The van der Waals surface area contributed by atoms with Crippen LogP contribution in [0.2, 0.25) is 0 Å². The molecule has 0 radical (unpaired) electrons. The Balaban J connectivity index is 1.86. The number of hydrogen-bond acceptors (Lipinski definition) is 5. The highest BCUT2D eigenvalue weighted by Gasteiger charge is 2.44. The second-order valence-corrected chi connectivity index (χ2v) is 6.93. The zero-order chi connectivity index (χ0) is 19.1. The Labute approximate surface area is 150 Å². The van der Waals surface area contributed by atoms with Gasteiger partial charge in [-0.15, -0.1) is 0 Å². The predicted octanol–water partition coefficient (Wildman–Crippen LogP) is 0.764. The van der Waals surface area contributed by atoms with E-state index in [2.05, 4.69) is 18.9 Å². The molecule has 0 spiro atoms. The molecule has 0 aliphatic carbocycles. The number of hydrogen-bond donors (Lipinski definition) is 3. The van der Waals surface area contributed by atoms with Crippen molar-refractivity contribution in [3.8, 4) is 11.4 Å². The van der Waals surface area contributed by atoms with E-state index in [-0.39, 0.29) is 31.0 Å². The fourth-order valence-corrected chi connectivity index (χ4v) is 2.99. The van der Waals surface area contributed by atoms with Crippen molar-refractivity contribution >= 4 is 11.8 Å². The van der Waals surface area contributed by atoms with Gasteiger partial charge in [-0.25, -0.2) is 4.68 Å². The number of likely N-dealkylation sites (tertiary alicyclic amines) is 1. The molecule has 2 aromatic rings. The first-order chi connectivity index (χ1) is 12.2. The lowest BCUT2D eigenvalue weighted by Crippen LogP contribution is -2.46. The number of nitrogens with two attached hydrogens (primary N) is 1. The van der Waals surface area contributed by atoms with Crippen molar-refractivity contribution in [1.82, 2.24) is 14.7 Å². The predicted molar refractivity (Wildman–Crippen MR) is 94.0 cm³/mol. The SMILES string of the molecule is CC(C)c1cccc(-n2cc(O)c(C(=O)N3CC[C@@](O)(C(N)=O)C3)n2)c1. The number of benzene rings is 1. The Morgan fingerprint density at radius 1 is 1.35 bits per heavy atom. The van der Waals surface area contributed by atoms with Gasteiger partial charge in [0.05, 0.1) is 18.4 Å². The number of aromatic nitrogens is 2. The van der Waals surface area contributed by atoms with Crippen LogP contribution >= 0.6 is 0 Å². The number of carbonyl (C=O) groups excluding carboxylic acids is 2. The second kappa shape index (κ2) is 6.45. The maximum Gasteiger partial charge on any atom is 0.278 e. The van der Waals surface area contributed by atoms with E-state index < -0.39 is 17.4 Å². The minimum atomic E-state index is -1.74. The largest absolute Gasteiger partial charge is 0.504 e. The topological polar surface area (TPSA) is 122 Å². The van der Waals surface area contributed by atoms with Crippen LogP contribution in [0.3, 0.4) is 0 Å². The minimum Gasteiger partial charge on any atom is -0.504 e. The summed E-state index contributed by atoms with van der Waals surface area (Å²) in [6, 6.07) is 7.65. The van der Waals surface area contributed by atoms with Crippen molar-refractivity contribution < 1.29 is 19.8 Å². The van der Waals surface area contributed by atoms with Crippen molar-refractivity contribution in [2.45, 2.75) is 31.8 Å². The average Bonchev–Trinajstić information content (AvgIpc) is 3.19. The first-order valence-electron chi connectivity index (χ1n) is 8.42. The number of nitrogens with zero attached hydrogens (tertiary/aromatic N) is 3. The molecule has 138 valence electrons. The molecule has 1 saturated heterocycles. The summed E-state index contributed by atoms with van der Waals surface area (Å²) in [5, 5.41) is 24.5. The van der Waals surface area contributed by atoms with Crippen LogP contribution in [0.15, 0.2) is 30.5 Å². The van der Waals surface area contributed by atoms with Gasteiger partial charge in [0.25, 0.3) is 11.8 Å². The van der Waals surface area contributed by atoms with Crippen LogP contribution < -0.4 is 5.73 Å². The van der Waals surface area contributed by atoms with Gasteiger partial charge in [-0.05, 0) is 23.6 Å². The van der Waals surface area contributed by atoms with E-state index in [1.807, 2.05) is 24.3 Å². The lowest BCUT2D eigenvalue weighted by Gasteiger charge is -2.19. The van der Waals surface area contributed by atoms with Crippen molar-refractivity contribution in [3.05, 3.63) is 41.7 Å². The fraction of sp³-hybridized carbons (Fsp3) is 0.389. The third-order valence-corrected chi connectivity index (χ3v) is 4.69. The van der Waals surface area contributed by atoms with E-state index in [4.69, 9.17) is 5.73 Å². The minimum absolute atomic E-state index is 0.0615. The molecule has 0 unspecified atom stereocenters. The van der Waals surface area contributed by atoms with Gasteiger partial charge < -0.3 is 20.8 Å². The monoisotopic (exact) mass is 358 g/mol. The number of rotatable bonds is 4. The van der Waals surface area contributed by atoms with Gasteiger partial charge in [-0.1, -0.05) is 26.0 Å². The lowest BCUT2D eigenvalue weighted by atomic mass is 10.0. The zero-order valence-corrected chi connectivity index (χ0v) is 14.7. The molecule has 1 aromatic carbocycles. The van der Waals surface area contributed by atoms with E-state index in [9.17, 15) is 19.8 Å². The Morgan fingerprint density at radius 3 is 2.69 bits per heavy atom. The van der Waals surface area contributed by atoms with Gasteiger partial charge in [0.1, 0.15) is 0 Å². The van der Waals surface area contributed by atoms with E-state index in [1.54, 1.807) is 0 Å². The molecule has 2 heterocycles. The third kappa shape index (κ3) is 3.15. The standard InChI is InChI=1S/C18H22N4O4/c1-11(2)12-4-3-5-13(8-12)22-9-14(23)15(20-22)16(24)21-7-6-18(26,10-21)17(19)25/h3-5,8-9,11,23,26H,6-7,10H2,1-2H3,(H2,19,25)/t18-/m0/s1. The van der Waals surface area contributed by atoms with Gasteiger partial charge in [-0.2, -0.15) is 5.10 Å². The summed E-state index contributed by atoms with van der Waals surface area (Å²) in [6.07, 6.45) is 1.43. The summed E-state index contributed by atoms with van der Waals surface area (Å²) in [5.74, 6) is -1.36. The van der Waals surface area contributed by atoms with Crippen LogP contribution in [0.1, 0.15) is 42.2 Å². The molecule has 1 aliphatic rings. The average molecular weight is 358 g/mol. The van der Waals surface area contributed by atoms with E-state index in [0.29, 0.717) is 5.92 Å². The molecule has 1 aliphatic heterocycles. The van der Waals surface area contributed by atoms with Crippen molar-refractivity contribution in [3.63, 3.8) is 0 Å². The molecule has 1 aromatic heterocycles. The molecule has 0 bridgehead atoms. The Kier molecular flexibility index (Phi) is 4.45. The zero-order valence-electron chi connectivity index (χ0n) is 14.7. The number of primary amides is 1. The molecule has 3 rings (SSSR count). The number of β-amino-alcohol motifs (C(OH)–C–C–N with tert-alkyl or cyclic N) is 1. The lowest BCUT2D eigenvalue weighted by molar-refractivity contribution is -0.134. The maximum atomic E-state index is 12.6. The van der Waals surface area contributed by atoms with Crippen LogP contribution in [0, 0.1) is 0 Å². The molecular formula is C18H22N4O4. The number of carbonyl (C=O) groups is 2. The normalized spacial score (nSPS) is 19.9. The summed E-state index contributed by atoms with van der Waals surface area (Å²) in [5.41, 5.74) is 5.15. The molecule has 8 heteroatoms. The summed E-state index contributed by atoms with van der Waals surface area (Å²) in [7, 11) is 0. The Hall–Kier alpha value is -2.87. The van der Waals surface area contributed by atoms with Crippen LogP contribution in [0.4, 0.5) is 0 Å². The molecular weight excluding hydrogens is 336 g/mol. The summed E-state index contributed by atoms with van der Waals surface area (Å²) in [6.45, 7) is 4.09. The van der Waals surface area contributed by atoms with Gasteiger partial charge in [0.2, 0.25) is 0 Å². The highest BCUT2D eigenvalue weighted by Crippen LogP contribution is 2.26. The van der Waals surface area contributed by atoms with E-state index in [1.165, 1.54) is 15.8 Å². The van der Waals surface area contributed by atoms with Gasteiger partial charge in [0.15, 0.2) is 17.0 Å². The second-order valence-electron chi connectivity index (χ2n) is 6.93. The first-order valence-corrected chi connectivity index (χ1v) is 8.42. The van der Waals surface area contributed by atoms with Crippen LogP contribution in [-0.2, 0) is 4.79 Å². The molecule has 26 heavy (non-hydrogen) atoms. The number of aromatic hydroxyl groups is 1. The van der Waals surface area contributed by atoms with Crippen LogP contribution in [-0.4, -0.2) is 55.4 Å². The third-order valence-electron chi connectivity index (χ3n) is 4.69. The van der Waals surface area contributed by atoms with Gasteiger partial charge in [-0.3, -0.25) is 9.59 Å². The summed E-state index contributed by atoms with van der Waals surface area (Å²) >= 11 is 0. The molecule has 1 fully saturated rings.